The molecule has 2 fully saturated rings. The number of nitrogens with zero attached hydrogens (tertiary/aromatic N) is 5. The Morgan fingerprint density at radius 3 is 2.49 bits per heavy atom. The first-order chi connectivity index (χ1) is 17.0. The van der Waals surface area contributed by atoms with Crippen molar-refractivity contribution in [2.45, 2.75) is 65.8 Å². The Hall–Kier alpha value is -2.73. The largest absolute Gasteiger partial charge is 0.357 e. The van der Waals surface area contributed by atoms with E-state index in [1.165, 1.54) is 32.0 Å². The Labute approximate surface area is 211 Å². The van der Waals surface area contributed by atoms with Gasteiger partial charge in [0.2, 0.25) is 0 Å². The van der Waals surface area contributed by atoms with E-state index in [2.05, 4.69) is 38.2 Å². The molecule has 6 heteroatoms. The van der Waals surface area contributed by atoms with Gasteiger partial charge in [-0.1, -0.05) is 38.1 Å². The quantitative estimate of drug-likeness (QED) is 0.320. The third-order valence-corrected chi connectivity index (χ3v) is 6.60. The van der Waals surface area contributed by atoms with Crippen LogP contribution in [-0.4, -0.2) is 58.3 Å². The molecule has 2 aliphatic rings. The predicted molar refractivity (Wildman–Crippen MR) is 145 cm³/mol. The van der Waals surface area contributed by atoms with Gasteiger partial charge in [-0.15, -0.1) is 0 Å². The van der Waals surface area contributed by atoms with Crippen LogP contribution < -0.4 is 0 Å². The van der Waals surface area contributed by atoms with E-state index in [1.807, 2.05) is 40.0 Å². The van der Waals surface area contributed by atoms with E-state index >= 15 is 0 Å². The van der Waals surface area contributed by atoms with Crippen LogP contribution >= 0.6 is 0 Å². The number of likely N-dealkylation sites (tertiary alicyclic amines) is 2. The third-order valence-electron chi connectivity index (χ3n) is 6.60. The molecule has 0 N–H and O–H groups in total. The second kappa shape index (κ2) is 13.4. The molecule has 0 unspecified atom stereocenters. The van der Waals surface area contributed by atoms with Gasteiger partial charge in [0.05, 0.1) is 5.69 Å². The maximum Gasteiger partial charge on any atom is 0.128 e. The van der Waals surface area contributed by atoms with Crippen molar-refractivity contribution < 1.29 is 4.39 Å². The average Bonchev–Trinajstić information content (AvgIpc) is 3.54. The zero-order valence-corrected chi connectivity index (χ0v) is 22.0. The fraction of sp³-hybridized carbons (Fsp3) is 0.517. The van der Waals surface area contributed by atoms with Gasteiger partial charge in [-0.25, -0.2) is 14.4 Å². The van der Waals surface area contributed by atoms with Crippen molar-refractivity contribution in [1.82, 2.24) is 19.4 Å². The summed E-state index contributed by atoms with van der Waals surface area (Å²) in [4.78, 5) is 14.5. The highest BCUT2D eigenvalue weighted by atomic mass is 19.1. The Morgan fingerprint density at radius 2 is 1.86 bits per heavy atom. The first-order valence-electron chi connectivity index (χ1n) is 13.2. The van der Waals surface area contributed by atoms with Crippen LogP contribution in [0.3, 0.4) is 0 Å². The highest BCUT2D eigenvalue weighted by Crippen LogP contribution is 2.32. The van der Waals surface area contributed by atoms with Gasteiger partial charge in [-0.2, -0.15) is 0 Å². The monoisotopic (exact) mass is 479 g/mol. The molecular weight excluding hydrogens is 437 g/mol. The van der Waals surface area contributed by atoms with Gasteiger partial charge in [0.15, 0.2) is 0 Å². The number of hydrogen-bond donors (Lipinski definition) is 0. The highest BCUT2D eigenvalue weighted by molar-refractivity contribution is 5.58. The summed E-state index contributed by atoms with van der Waals surface area (Å²) < 4.78 is 16.2. The first-order valence-corrected chi connectivity index (χ1v) is 13.2. The number of aliphatic imine (C=N–C) groups is 1. The Bertz CT molecular complexity index is 1010. The minimum absolute atomic E-state index is 0.220. The Balaban J connectivity index is 0.00000167. The van der Waals surface area contributed by atoms with E-state index in [9.17, 15) is 4.39 Å². The summed E-state index contributed by atoms with van der Waals surface area (Å²) in [5.41, 5.74) is 2.72. The van der Waals surface area contributed by atoms with E-state index < -0.39 is 0 Å². The average molecular weight is 480 g/mol. The van der Waals surface area contributed by atoms with Crippen molar-refractivity contribution >= 4 is 6.21 Å². The zero-order valence-electron chi connectivity index (χ0n) is 22.0. The van der Waals surface area contributed by atoms with Crippen LogP contribution in [0.5, 0.6) is 0 Å². The van der Waals surface area contributed by atoms with Crippen LogP contribution in [0.2, 0.25) is 0 Å². The fourth-order valence-corrected chi connectivity index (χ4v) is 4.91. The molecule has 0 saturated carbocycles. The minimum Gasteiger partial charge on any atom is -0.357 e. The number of piperidine rings is 1. The summed E-state index contributed by atoms with van der Waals surface area (Å²) in [5, 5.41) is 0. The summed E-state index contributed by atoms with van der Waals surface area (Å²) in [7, 11) is 0. The Morgan fingerprint density at radius 1 is 1.14 bits per heavy atom. The molecule has 4 rings (SSSR count). The van der Waals surface area contributed by atoms with Crippen LogP contribution in [0.15, 0.2) is 59.5 Å². The molecule has 1 aromatic heterocycles. The topological polar surface area (TPSA) is 36.7 Å². The summed E-state index contributed by atoms with van der Waals surface area (Å²) in [5.74, 6) is 2.29. The van der Waals surface area contributed by atoms with E-state index in [1.54, 1.807) is 12.1 Å². The van der Waals surface area contributed by atoms with Gasteiger partial charge in [-0.3, -0.25) is 0 Å². The SMILES string of the molecule is C=C(C)/C=C(\N=C/C)N1CCC(c2nc(-c3cccc(F)c3)cn2CCN2CCCC2)CC1.CC. The predicted octanol–water partition coefficient (Wildman–Crippen LogP) is 6.50. The second-order valence-corrected chi connectivity index (χ2v) is 9.23. The lowest BCUT2D eigenvalue weighted by molar-refractivity contribution is 0.252. The van der Waals surface area contributed by atoms with Crippen molar-refractivity contribution in [3.8, 4) is 11.3 Å². The van der Waals surface area contributed by atoms with Crippen molar-refractivity contribution in [1.29, 1.82) is 0 Å². The molecule has 2 saturated heterocycles. The van der Waals surface area contributed by atoms with Crippen LogP contribution in [0, 0.1) is 5.82 Å². The van der Waals surface area contributed by atoms with Gasteiger partial charge < -0.3 is 14.4 Å². The van der Waals surface area contributed by atoms with Gasteiger partial charge in [0, 0.05) is 50.1 Å². The molecule has 190 valence electrons. The molecule has 35 heavy (non-hydrogen) atoms. The van der Waals surface area contributed by atoms with Crippen molar-refractivity contribution in [3.63, 3.8) is 0 Å². The number of allylic oxidation sites excluding steroid dienone is 2. The number of halogens is 1. The van der Waals surface area contributed by atoms with Gasteiger partial charge in [-0.05, 0) is 70.8 Å². The molecule has 3 heterocycles. The van der Waals surface area contributed by atoms with Crippen molar-refractivity contribution in [3.05, 3.63) is 66.2 Å². The standard InChI is InChI=1S/C27H36FN5.C2H6/c1-4-29-26(18-21(2)3)32-14-10-22(11-15-32)27-30-25(23-8-7-9-24(28)19-23)20-33(27)17-16-31-12-5-6-13-31;1-2/h4,7-9,18-20,22H,2,5-6,10-17H2,1,3H3;1-2H3/b26-18+,29-4-;. The molecule has 5 nitrogen and oxygen atoms in total. The lowest BCUT2D eigenvalue weighted by atomic mass is 9.95. The van der Waals surface area contributed by atoms with Crippen LogP contribution in [0.1, 0.15) is 65.1 Å². The number of aromatic nitrogens is 2. The molecule has 0 radical (unpaired) electrons. The number of hydrogen-bond acceptors (Lipinski definition) is 4. The van der Waals surface area contributed by atoms with Gasteiger partial charge in [0.25, 0.3) is 0 Å². The second-order valence-electron chi connectivity index (χ2n) is 9.23. The molecule has 0 atom stereocenters. The van der Waals surface area contributed by atoms with E-state index in [-0.39, 0.29) is 5.82 Å². The van der Waals surface area contributed by atoms with E-state index in [0.29, 0.717) is 5.92 Å². The van der Waals surface area contributed by atoms with Crippen LogP contribution in [0.4, 0.5) is 4.39 Å². The maximum absolute atomic E-state index is 13.9. The molecule has 0 bridgehead atoms. The van der Waals surface area contributed by atoms with Crippen LogP contribution in [-0.2, 0) is 6.54 Å². The lowest BCUT2D eigenvalue weighted by Gasteiger charge is -2.33. The summed E-state index contributed by atoms with van der Waals surface area (Å²) in [6.45, 7) is 18.2. The summed E-state index contributed by atoms with van der Waals surface area (Å²) in [6, 6.07) is 6.77. The Kier molecular flexibility index (Phi) is 10.3. The molecule has 1 aromatic carbocycles. The lowest BCUT2D eigenvalue weighted by Crippen LogP contribution is -2.33. The molecular formula is C29H42FN5. The van der Waals surface area contributed by atoms with Crippen molar-refractivity contribution in [2.24, 2.45) is 4.99 Å². The third kappa shape index (κ3) is 7.38. The summed E-state index contributed by atoms with van der Waals surface area (Å²) >= 11 is 0. The van der Waals surface area contributed by atoms with Crippen molar-refractivity contribution in [2.75, 3.05) is 32.7 Å². The van der Waals surface area contributed by atoms with E-state index in [4.69, 9.17) is 4.98 Å². The molecule has 2 aromatic rings. The molecule has 0 aliphatic carbocycles. The highest BCUT2D eigenvalue weighted by Gasteiger charge is 2.26. The number of benzene rings is 1. The van der Waals surface area contributed by atoms with Gasteiger partial charge in [0.1, 0.15) is 17.5 Å². The zero-order chi connectivity index (χ0) is 25.2. The minimum atomic E-state index is -0.220. The molecule has 0 spiro atoms. The molecule has 0 amide bonds. The van der Waals surface area contributed by atoms with E-state index in [0.717, 1.165) is 67.5 Å². The number of imidazole rings is 1. The maximum atomic E-state index is 13.9. The smallest absolute Gasteiger partial charge is 0.128 e. The first kappa shape index (κ1) is 26.9. The summed E-state index contributed by atoms with van der Waals surface area (Å²) in [6.07, 6.45) is 10.7. The van der Waals surface area contributed by atoms with Gasteiger partial charge >= 0.3 is 0 Å². The molecule has 2 aliphatic heterocycles. The normalized spacial score (nSPS) is 17.6. The fourth-order valence-electron chi connectivity index (χ4n) is 4.91. The van der Waals surface area contributed by atoms with Crippen LogP contribution in [0.25, 0.3) is 11.3 Å². The number of rotatable bonds is 8.